The second-order valence-corrected chi connectivity index (χ2v) is 10.1. The first-order valence-electron chi connectivity index (χ1n) is 11.3. The molecule has 0 N–H and O–H groups in total. The van der Waals surface area contributed by atoms with Crippen LogP contribution >= 0.6 is 0 Å². The van der Waals surface area contributed by atoms with Gasteiger partial charge in [-0.3, -0.25) is 0 Å². The number of nitrogens with zero attached hydrogens (tertiary/aromatic N) is 2. The van der Waals surface area contributed by atoms with Crippen LogP contribution in [0.2, 0.25) is 0 Å². The molecule has 0 saturated carbocycles. The molecule has 1 heterocycles. The van der Waals surface area contributed by atoms with E-state index in [2.05, 4.69) is 0 Å². The number of hydrogen-bond acceptors (Lipinski definition) is 5. The van der Waals surface area contributed by atoms with Gasteiger partial charge in [-0.05, 0) is 36.4 Å². The van der Waals surface area contributed by atoms with Gasteiger partial charge in [0.25, 0.3) is 10.0 Å². The van der Waals surface area contributed by atoms with E-state index >= 15 is 0 Å². The number of aliphatic imine (C=N–C) groups is 1. The van der Waals surface area contributed by atoms with E-state index in [0.717, 1.165) is 11.1 Å². The molecule has 36 heavy (non-hydrogen) atoms. The summed E-state index contributed by atoms with van der Waals surface area (Å²) >= 11 is 0. The summed E-state index contributed by atoms with van der Waals surface area (Å²) in [6.07, 6.45) is 0. The Morgan fingerprint density at radius 3 is 1.97 bits per heavy atom. The predicted octanol–water partition coefficient (Wildman–Crippen LogP) is 5.57. The number of para-hydroxylation sites is 1. The number of fused-ring (bicyclic) bond motifs is 1. The Hall–Kier alpha value is -4.36. The second-order valence-electron chi connectivity index (χ2n) is 8.09. The highest BCUT2D eigenvalue weighted by Gasteiger charge is 2.30. The molecule has 1 aliphatic rings. The zero-order chi connectivity index (χ0) is 25.1. The first-order chi connectivity index (χ1) is 17.5. The van der Waals surface area contributed by atoms with Gasteiger partial charge in [-0.1, -0.05) is 72.8 Å². The molecule has 0 saturated heterocycles. The Balaban J connectivity index is 1.75. The van der Waals surface area contributed by atoms with Gasteiger partial charge in [0.2, 0.25) is 0 Å². The molecule has 5 rings (SSSR count). The molecular weight excluding hydrogens is 472 g/mol. The molecule has 0 aliphatic carbocycles. The van der Waals surface area contributed by atoms with Crippen molar-refractivity contribution < 1.29 is 17.9 Å². The van der Waals surface area contributed by atoms with Crippen LogP contribution < -0.4 is 9.47 Å². The SMILES string of the molecule is COc1ccc(S(=O)(=O)N(C)C2=C(c3ccccc3)Oc3ccccc3C(c3ccccc3)=N2)cc1. The lowest BCUT2D eigenvalue weighted by molar-refractivity contribution is 0.414. The molecule has 0 atom stereocenters. The number of benzene rings is 4. The Kier molecular flexibility index (Phi) is 6.31. The van der Waals surface area contributed by atoms with E-state index in [1.807, 2.05) is 84.9 Å². The fraction of sp³-hybridized carbons (Fsp3) is 0.0690. The standard InChI is InChI=1S/C29H24N2O4S/c1-31(36(32,33)24-19-17-23(34-2)18-20-24)29-28(22-13-7-4-8-14-22)35-26-16-10-9-15-25(26)27(30-29)21-11-5-3-6-12-21/h3-20H,1-2H3. The fourth-order valence-corrected chi connectivity index (χ4v) is 5.10. The van der Waals surface area contributed by atoms with Gasteiger partial charge in [-0.15, -0.1) is 0 Å². The van der Waals surface area contributed by atoms with E-state index in [1.165, 1.54) is 30.6 Å². The molecule has 6 nitrogen and oxygen atoms in total. The van der Waals surface area contributed by atoms with Gasteiger partial charge < -0.3 is 9.47 Å². The minimum Gasteiger partial charge on any atom is -0.497 e. The number of methoxy groups -OCH3 is 1. The number of rotatable bonds is 6. The van der Waals surface area contributed by atoms with E-state index in [-0.39, 0.29) is 10.7 Å². The van der Waals surface area contributed by atoms with Crippen LogP contribution in [0.4, 0.5) is 0 Å². The minimum atomic E-state index is -3.98. The first kappa shape index (κ1) is 23.4. The van der Waals surface area contributed by atoms with Crippen LogP contribution in [0.15, 0.2) is 125 Å². The molecule has 0 aromatic heterocycles. The van der Waals surface area contributed by atoms with Gasteiger partial charge >= 0.3 is 0 Å². The van der Waals surface area contributed by atoms with Gasteiger partial charge in [0.05, 0.1) is 17.7 Å². The third-order valence-electron chi connectivity index (χ3n) is 5.87. The molecular formula is C29H24N2O4S. The summed E-state index contributed by atoms with van der Waals surface area (Å²) in [5.74, 6) is 1.67. The van der Waals surface area contributed by atoms with Gasteiger partial charge in [-0.25, -0.2) is 17.7 Å². The largest absolute Gasteiger partial charge is 0.497 e. The molecule has 4 aromatic rings. The van der Waals surface area contributed by atoms with Crippen molar-refractivity contribution in [3.8, 4) is 11.5 Å². The van der Waals surface area contributed by atoms with Crippen molar-refractivity contribution in [1.82, 2.24) is 4.31 Å². The zero-order valence-electron chi connectivity index (χ0n) is 19.8. The summed E-state index contributed by atoms with van der Waals surface area (Å²) in [6, 6.07) is 32.9. The lowest BCUT2D eigenvalue weighted by atomic mass is 10.0. The van der Waals surface area contributed by atoms with Crippen LogP contribution in [0, 0.1) is 0 Å². The lowest BCUT2D eigenvalue weighted by Crippen LogP contribution is -2.27. The van der Waals surface area contributed by atoms with Crippen LogP contribution in [0.3, 0.4) is 0 Å². The normalized spacial score (nSPS) is 13.2. The summed E-state index contributed by atoms with van der Waals surface area (Å²) in [7, 11) is -0.957. The maximum atomic E-state index is 13.8. The van der Waals surface area contributed by atoms with Crippen molar-refractivity contribution >= 4 is 21.5 Å². The van der Waals surface area contributed by atoms with Crippen molar-refractivity contribution in [2.75, 3.05) is 14.2 Å². The van der Waals surface area contributed by atoms with Crippen LogP contribution in [-0.4, -0.2) is 32.6 Å². The monoisotopic (exact) mass is 496 g/mol. The van der Waals surface area contributed by atoms with Crippen molar-refractivity contribution in [3.63, 3.8) is 0 Å². The fourth-order valence-electron chi connectivity index (χ4n) is 3.95. The molecule has 4 aromatic carbocycles. The molecule has 1 aliphatic heterocycles. The molecule has 0 amide bonds. The summed E-state index contributed by atoms with van der Waals surface area (Å²) in [5.41, 5.74) is 2.93. The van der Waals surface area contributed by atoms with Gasteiger partial charge in [0.1, 0.15) is 11.5 Å². The molecule has 0 unspecified atom stereocenters. The molecule has 0 radical (unpaired) electrons. The smallest absolute Gasteiger partial charge is 0.265 e. The highest BCUT2D eigenvalue weighted by atomic mass is 32.2. The Bertz CT molecular complexity index is 1550. The maximum Gasteiger partial charge on any atom is 0.265 e. The Labute approximate surface area is 210 Å². The maximum absolute atomic E-state index is 13.8. The average Bonchev–Trinajstić information content (AvgIpc) is 3.11. The topological polar surface area (TPSA) is 68.2 Å². The van der Waals surface area contributed by atoms with Crippen LogP contribution in [-0.2, 0) is 10.0 Å². The molecule has 0 fully saturated rings. The van der Waals surface area contributed by atoms with E-state index in [0.29, 0.717) is 28.5 Å². The predicted molar refractivity (Wildman–Crippen MR) is 140 cm³/mol. The summed E-state index contributed by atoms with van der Waals surface area (Å²) in [4.78, 5) is 5.08. The van der Waals surface area contributed by atoms with Gasteiger partial charge in [-0.2, -0.15) is 0 Å². The number of sulfonamides is 1. The average molecular weight is 497 g/mol. The zero-order valence-corrected chi connectivity index (χ0v) is 20.6. The summed E-state index contributed by atoms with van der Waals surface area (Å²) in [6.45, 7) is 0. The minimum absolute atomic E-state index is 0.115. The third-order valence-corrected chi connectivity index (χ3v) is 7.64. The van der Waals surface area contributed by atoms with Crippen LogP contribution in [0.1, 0.15) is 16.7 Å². The highest BCUT2D eigenvalue weighted by Crippen LogP contribution is 2.35. The summed E-state index contributed by atoms with van der Waals surface area (Å²) < 4.78 is 40.3. The number of ether oxygens (including phenoxy) is 2. The molecule has 0 spiro atoms. The molecule has 7 heteroatoms. The highest BCUT2D eigenvalue weighted by molar-refractivity contribution is 7.89. The third kappa shape index (κ3) is 4.36. The van der Waals surface area contributed by atoms with Crippen molar-refractivity contribution in [1.29, 1.82) is 0 Å². The Morgan fingerprint density at radius 2 is 1.33 bits per heavy atom. The van der Waals surface area contributed by atoms with Crippen LogP contribution in [0.5, 0.6) is 11.5 Å². The van der Waals surface area contributed by atoms with Crippen LogP contribution in [0.25, 0.3) is 5.76 Å². The molecule has 180 valence electrons. The number of hydrogen-bond donors (Lipinski definition) is 0. The van der Waals surface area contributed by atoms with E-state index in [1.54, 1.807) is 12.1 Å². The van der Waals surface area contributed by atoms with Gasteiger partial charge in [0, 0.05) is 23.7 Å². The quantitative estimate of drug-likeness (QED) is 0.350. The Morgan fingerprint density at radius 1 is 0.750 bits per heavy atom. The lowest BCUT2D eigenvalue weighted by Gasteiger charge is -2.22. The van der Waals surface area contributed by atoms with E-state index in [9.17, 15) is 8.42 Å². The van der Waals surface area contributed by atoms with Gasteiger partial charge in [0.15, 0.2) is 11.6 Å². The summed E-state index contributed by atoms with van der Waals surface area (Å²) in [5, 5.41) is 0. The van der Waals surface area contributed by atoms with Crippen molar-refractivity contribution in [3.05, 3.63) is 132 Å². The van der Waals surface area contributed by atoms with Crippen molar-refractivity contribution in [2.45, 2.75) is 4.90 Å². The second kappa shape index (κ2) is 9.71. The molecule has 0 bridgehead atoms. The van der Waals surface area contributed by atoms with E-state index in [4.69, 9.17) is 14.5 Å². The van der Waals surface area contributed by atoms with Crippen molar-refractivity contribution in [2.24, 2.45) is 4.99 Å². The van der Waals surface area contributed by atoms with E-state index < -0.39 is 10.0 Å². The first-order valence-corrected chi connectivity index (χ1v) is 12.8.